The van der Waals surface area contributed by atoms with Crippen LogP contribution in [0.2, 0.25) is 0 Å². The summed E-state index contributed by atoms with van der Waals surface area (Å²) in [5, 5.41) is 17.7. The van der Waals surface area contributed by atoms with E-state index in [1.165, 1.54) is 4.68 Å². The number of pyridine rings is 1. The second-order valence-corrected chi connectivity index (χ2v) is 8.33. The zero-order valence-corrected chi connectivity index (χ0v) is 18.7. The summed E-state index contributed by atoms with van der Waals surface area (Å²) in [6.45, 7) is 1.68. The Kier molecular flexibility index (Phi) is 5.97. The van der Waals surface area contributed by atoms with E-state index in [-0.39, 0.29) is 0 Å². The number of carbonyl (C=O) groups is 2. The van der Waals surface area contributed by atoms with Crippen LogP contribution in [0.25, 0.3) is 28.0 Å². The molecule has 3 aromatic heterocycles. The Bertz CT molecular complexity index is 1410. The van der Waals surface area contributed by atoms with Gasteiger partial charge in [0.25, 0.3) is 0 Å². The fourth-order valence-corrected chi connectivity index (χ4v) is 3.36. The normalized spacial score (nSPS) is 12.0. The number of hydrogen-bond donors (Lipinski definition) is 3. The molecule has 4 aromatic rings. The van der Waals surface area contributed by atoms with Crippen LogP contribution in [0.3, 0.4) is 0 Å². The molecule has 0 bridgehead atoms. The van der Waals surface area contributed by atoms with Crippen molar-refractivity contribution in [3.8, 4) is 22.4 Å². The Morgan fingerprint density at radius 2 is 1.83 bits per heavy atom. The number of fused-ring (bicyclic) bond motifs is 1. The number of benzene rings is 1. The van der Waals surface area contributed by atoms with Crippen molar-refractivity contribution in [2.24, 2.45) is 0 Å². The number of imidazole rings is 1. The number of urea groups is 1. The van der Waals surface area contributed by atoms with Gasteiger partial charge in [-0.3, -0.25) is 9.08 Å². The van der Waals surface area contributed by atoms with Gasteiger partial charge in [-0.1, -0.05) is 12.1 Å². The lowest BCUT2D eigenvalue weighted by Gasteiger charge is -2.19. The van der Waals surface area contributed by atoms with E-state index in [0.717, 1.165) is 11.1 Å². The molecule has 2 amide bonds. The highest BCUT2D eigenvalue weighted by atomic mass is 19.4. The van der Waals surface area contributed by atoms with E-state index in [4.69, 9.17) is 0 Å². The van der Waals surface area contributed by atoms with Crippen LogP contribution in [0, 0.1) is 0 Å². The molecule has 0 saturated carbocycles. The number of anilines is 1. The molecule has 182 valence electrons. The van der Waals surface area contributed by atoms with Crippen molar-refractivity contribution in [2.45, 2.75) is 25.6 Å². The molecule has 0 aliphatic heterocycles. The highest BCUT2D eigenvalue weighted by Crippen LogP contribution is 2.27. The predicted molar refractivity (Wildman–Crippen MR) is 122 cm³/mol. The predicted octanol–water partition coefficient (Wildman–Crippen LogP) is 4.37. The van der Waals surface area contributed by atoms with E-state index < -0.39 is 30.3 Å². The van der Waals surface area contributed by atoms with Gasteiger partial charge in [0.05, 0.1) is 18.1 Å². The highest BCUT2D eigenvalue weighted by molar-refractivity contribution is 5.90. The van der Waals surface area contributed by atoms with Gasteiger partial charge in [-0.25, -0.2) is 14.6 Å². The van der Waals surface area contributed by atoms with Crippen molar-refractivity contribution < 1.29 is 27.9 Å². The Morgan fingerprint density at radius 3 is 2.54 bits per heavy atom. The Labute approximate surface area is 197 Å². The fraction of sp³-hybridized carbons (Fsp3) is 0.217. The van der Waals surface area contributed by atoms with E-state index in [9.17, 15) is 27.9 Å². The number of nitrogens with zero attached hydrogens (tertiary/aromatic N) is 4. The zero-order valence-electron chi connectivity index (χ0n) is 18.7. The smallest absolute Gasteiger partial charge is 0.405 e. The second kappa shape index (κ2) is 8.78. The van der Waals surface area contributed by atoms with Gasteiger partial charge in [-0.15, -0.1) is 0 Å². The van der Waals surface area contributed by atoms with E-state index in [0.29, 0.717) is 22.6 Å². The first kappa shape index (κ1) is 23.8. The highest BCUT2D eigenvalue weighted by Gasteiger charge is 2.30. The van der Waals surface area contributed by atoms with Crippen LogP contribution < -0.4 is 10.6 Å². The number of amides is 2. The number of carboxylic acids is 1. The summed E-state index contributed by atoms with van der Waals surface area (Å²) in [5.41, 5.74) is 2.64. The number of rotatable bonds is 6. The molecule has 0 atom stereocenters. The molecule has 4 rings (SSSR count). The summed E-state index contributed by atoms with van der Waals surface area (Å²) in [4.78, 5) is 27.7. The second-order valence-electron chi connectivity index (χ2n) is 8.33. The van der Waals surface area contributed by atoms with Gasteiger partial charge in [0.2, 0.25) is 0 Å². The van der Waals surface area contributed by atoms with Gasteiger partial charge in [0.1, 0.15) is 12.2 Å². The van der Waals surface area contributed by atoms with Gasteiger partial charge >= 0.3 is 18.2 Å². The maximum Gasteiger partial charge on any atom is 0.405 e. The van der Waals surface area contributed by atoms with Crippen LogP contribution in [0.1, 0.15) is 13.8 Å². The van der Waals surface area contributed by atoms with Crippen LogP contribution >= 0.6 is 0 Å². The lowest BCUT2D eigenvalue weighted by atomic mass is 10.1. The maximum absolute atomic E-state index is 12.3. The fourth-order valence-electron chi connectivity index (χ4n) is 3.36. The number of alkyl halides is 3. The van der Waals surface area contributed by atoms with Gasteiger partial charge < -0.3 is 15.7 Å². The van der Waals surface area contributed by atoms with Crippen molar-refractivity contribution in [1.29, 1.82) is 0 Å². The third kappa shape index (κ3) is 5.10. The number of carbonyl (C=O) groups excluding carboxylic acids is 1. The van der Waals surface area contributed by atoms with Gasteiger partial charge in [-0.2, -0.15) is 18.3 Å². The molecule has 12 heteroatoms. The molecule has 35 heavy (non-hydrogen) atoms. The minimum absolute atomic E-state index is 0.321. The van der Waals surface area contributed by atoms with E-state index in [1.54, 1.807) is 68.2 Å². The Morgan fingerprint density at radius 1 is 1.06 bits per heavy atom. The third-order valence-electron chi connectivity index (χ3n) is 5.39. The number of hydrogen-bond acceptors (Lipinski definition) is 4. The molecule has 3 N–H and O–H groups in total. The third-order valence-corrected chi connectivity index (χ3v) is 5.39. The molecule has 0 unspecified atom stereocenters. The molecule has 9 nitrogen and oxygen atoms in total. The minimum Gasteiger partial charge on any atom is -0.479 e. The molecule has 0 radical (unpaired) electrons. The Balaban J connectivity index is 1.57. The van der Waals surface area contributed by atoms with Gasteiger partial charge in [0, 0.05) is 29.2 Å². The van der Waals surface area contributed by atoms with E-state index in [1.807, 2.05) is 16.5 Å². The lowest BCUT2D eigenvalue weighted by Crippen LogP contribution is -2.36. The molecular formula is C23H21F3N6O3. The molecule has 1 aromatic carbocycles. The van der Waals surface area contributed by atoms with Crippen molar-refractivity contribution in [3.63, 3.8) is 0 Å². The summed E-state index contributed by atoms with van der Waals surface area (Å²) in [7, 11) is 0. The first-order valence-electron chi connectivity index (χ1n) is 10.4. The topological polar surface area (TPSA) is 114 Å². The summed E-state index contributed by atoms with van der Waals surface area (Å²) in [5.74, 6) is -1.00. The molecule has 0 fully saturated rings. The molecule has 0 saturated heterocycles. The first-order valence-corrected chi connectivity index (χ1v) is 10.4. The number of aromatic nitrogens is 4. The number of halogens is 3. The van der Waals surface area contributed by atoms with Crippen LogP contribution in [-0.4, -0.2) is 49.0 Å². The van der Waals surface area contributed by atoms with Crippen LogP contribution in [-0.2, 0) is 10.3 Å². The standard InChI is InChI=1S/C23H21F3N6O3/c1-22(2,20(33)34)32-12-16(10-29-32)14-6-7-31-18(11-27-19(31)9-14)15-4-3-5-17(8-15)30-21(35)28-13-23(24,25)26/h3-12H,13H2,1-2H3,(H,33,34)(H2,28,30,35). The summed E-state index contributed by atoms with van der Waals surface area (Å²) < 4.78 is 40.1. The Hall–Kier alpha value is -4.35. The molecule has 3 heterocycles. The molecule has 0 aliphatic rings. The minimum atomic E-state index is -4.50. The number of aliphatic carboxylic acids is 1. The summed E-state index contributed by atoms with van der Waals surface area (Å²) >= 11 is 0. The van der Waals surface area contributed by atoms with Crippen molar-refractivity contribution in [2.75, 3.05) is 11.9 Å². The summed E-state index contributed by atoms with van der Waals surface area (Å²) in [6, 6.07) is 9.34. The number of carboxylic acid groups (broad SMARTS) is 1. The van der Waals surface area contributed by atoms with Crippen LogP contribution in [0.4, 0.5) is 23.7 Å². The van der Waals surface area contributed by atoms with Gasteiger partial charge in [-0.05, 0) is 43.7 Å². The molecule has 0 spiro atoms. The van der Waals surface area contributed by atoms with Crippen LogP contribution in [0.15, 0.2) is 61.2 Å². The average Bonchev–Trinajstić information content (AvgIpc) is 3.45. The first-order chi connectivity index (χ1) is 16.4. The molecular weight excluding hydrogens is 465 g/mol. The molecule has 0 aliphatic carbocycles. The van der Waals surface area contributed by atoms with E-state index >= 15 is 0 Å². The van der Waals surface area contributed by atoms with Gasteiger partial charge in [0.15, 0.2) is 5.54 Å². The lowest BCUT2D eigenvalue weighted by molar-refractivity contribution is -0.146. The SMILES string of the molecule is CC(C)(C(=O)O)n1cc(-c2ccn3c(-c4cccc(NC(=O)NCC(F)(F)F)c4)cnc3c2)cn1. The monoisotopic (exact) mass is 486 g/mol. The maximum atomic E-state index is 12.3. The average molecular weight is 486 g/mol. The van der Waals surface area contributed by atoms with E-state index in [2.05, 4.69) is 15.4 Å². The van der Waals surface area contributed by atoms with Crippen molar-refractivity contribution in [3.05, 3.63) is 61.2 Å². The quantitative estimate of drug-likeness (QED) is 0.375. The van der Waals surface area contributed by atoms with Crippen LogP contribution in [0.5, 0.6) is 0 Å². The summed E-state index contributed by atoms with van der Waals surface area (Å²) in [6.07, 6.45) is 2.17. The van der Waals surface area contributed by atoms with Crippen molar-refractivity contribution >= 4 is 23.3 Å². The van der Waals surface area contributed by atoms with Crippen molar-refractivity contribution in [1.82, 2.24) is 24.5 Å². The number of nitrogens with one attached hydrogen (secondary N) is 2. The largest absolute Gasteiger partial charge is 0.479 e. The zero-order chi connectivity index (χ0) is 25.4.